The number of hydrogen-bond acceptors (Lipinski definition) is 3. The van der Waals surface area contributed by atoms with Crippen LogP contribution in [0, 0.1) is 5.92 Å². The van der Waals surface area contributed by atoms with Crippen molar-refractivity contribution in [3.63, 3.8) is 0 Å². The molecule has 2 aromatic rings. The second kappa shape index (κ2) is 10.8. The third kappa shape index (κ3) is 6.36. The Kier molecular flexibility index (Phi) is 8.45. The minimum Gasteiger partial charge on any atom is -0.457 e. The van der Waals surface area contributed by atoms with E-state index in [-0.39, 0.29) is 18.3 Å². The number of carbonyl (C=O) groups is 1. The lowest BCUT2D eigenvalue weighted by molar-refractivity contribution is -0.121. The van der Waals surface area contributed by atoms with E-state index in [2.05, 4.69) is 10.6 Å². The van der Waals surface area contributed by atoms with E-state index >= 15 is 0 Å². The Balaban J connectivity index is 0.00000243. The van der Waals surface area contributed by atoms with Gasteiger partial charge in [-0.15, -0.1) is 12.4 Å². The molecule has 1 saturated heterocycles. The van der Waals surface area contributed by atoms with E-state index in [1.54, 1.807) is 0 Å². The Morgan fingerprint density at radius 2 is 1.73 bits per heavy atom. The molecule has 2 N–H and O–H groups in total. The number of para-hydroxylation sites is 2. The minimum absolute atomic E-state index is 0. The van der Waals surface area contributed by atoms with Gasteiger partial charge < -0.3 is 15.4 Å². The van der Waals surface area contributed by atoms with E-state index in [0.29, 0.717) is 18.9 Å². The zero-order chi connectivity index (χ0) is 17.3. The second-order valence-corrected chi connectivity index (χ2v) is 6.53. The van der Waals surface area contributed by atoms with Crippen molar-refractivity contribution >= 4 is 18.3 Å². The van der Waals surface area contributed by atoms with Gasteiger partial charge in [0.1, 0.15) is 11.5 Å². The van der Waals surface area contributed by atoms with E-state index in [1.807, 2.05) is 54.6 Å². The molecule has 1 aliphatic heterocycles. The molecule has 5 heteroatoms. The van der Waals surface area contributed by atoms with Gasteiger partial charge >= 0.3 is 0 Å². The average molecular weight is 375 g/mol. The number of rotatable bonds is 7. The van der Waals surface area contributed by atoms with Crippen molar-refractivity contribution in [1.29, 1.82) is 0 Å². The van der Waals surface area contributed by atoms with Gasteiger partial charge in [-0.1, -0.05) is 36.4 Å². The summed E-state index contributed by atoms with van der Waals surface area (Å²) < 4.78 is 5.94. The molecule has 0 aliphatic carbocycles. The van der Waals surface area contributed by atoms with Gasteiger partial charge in [0.15, 0.2) is 0 Å². The fraction of sp³-hybridized carbons (Fsp3) is 0.381. The topological polar surface area (TPSA) is 50.4 Å². The normalized spacial score (nSPS) is 14.3. The first kappa shape index (κ1) is 20.3. The summed E-state index contributed by atoms with van der Waals surface area (Å²) in [6.45, 7) is 2.65. The molecule has 0 radical (unpaired) electrons. The van der Waals surface area contributed by atoms with Crippen LogP contribution in [0.5, 0.6) is 11.5 Å². The summed E-state index contributed by atoms with van der Waals surface area (Å²) in [5.41, 5.74) is 0.988. The summed E-state index contributed by atoms with van der Waals surface area (Å²) in [5, 5.41) is 6.39. The average Bonchev–Trinajstić information content (AvgIpc) is 2.67. The summed E-state index contributed by atoms with van der Waals surface area (Å²) in [6.07, 6.45) is 3.95. The van der Waals surface area contributed by atoms with Crippen LogP contribution in [-0.4, -0.2) is 19.0 Å². The van der Waals surface area contributed by atoms with Crippen molar-refractivity contribution in [2.45, 2.75) is 32.2 Å². The number of piperidine rings is 1. The summed E-state index contributed by atoms with van der Waals surface area (Å²) in [7, 11) is 0. The number of amides is 1. The predicted molar refractivity (Wildman–Crippen MR) is 107 cm³/mol. The van der Waals surface area contributed by atoms with Crippen LogP contribution >= 0.6 is 12.4 Å². The first-order valence-corrected chi connectivity index (χ1v) is 9.09. The van der Waals surface area contributed by atoms with Gasteiger partial charge in [-0.2, -0.15) is 0 Å². The highest BCUT2D eigenvalue weighted by Gasteiger charge is 2.14. The van der Waals surface area contributed by atoms with Gasteiger partial charge in [0.05, 0.1) is 0 Å². The Morgan fingerprint density at radius 1 is 1.04 bits per heavy atom. The molecule has 1 amide bonds. The maximum absolute atomic E-state index is 12.2. The first-order valence-electron chi connectivity index (χ1n) is 9.09. The Morgan fingerprint density at radius 3 is 2.50 bits per heavy atom. The number of halogens is 1. The summed E-state index contributed by atoms with van der Waals surface area (Å²) in [6, 6.07) is 17.5. The lowest BCUT2D eigenvalue weighted by atomic mass is 9.93. The lowest BCUT2D eigenvalue weighted by Crippen LogP contribution is -2.29. The Labute approximate surface area is 161 Å². The predicted octanol–water partition coefficient (Wildman–Crippen LogP) is 4.30. The molecule has 2 aromatic carbocycles. The monoisotopic (exact) mass is 374 g/mol. The Hall–Kier alpha value is -2.04. The van der Waals surface area contributed by atoms with Crippen molar-refractivity contribution in [1.82, 2.24) is 10.6 Å². The fourth-order valence-corrected chi connectivity index (χ4v) is 3.15. The van der Waals surface area contributed by atoms with Crippen LogP contribution in [0.2, 0.25) is 0 Å². The molecule has 3 rings (SSSR count). The highest BCUT2D eigenvalue weighted by atomic mass is 35.5. The molecule has 0 aromatic heterocycles. The standard InChI is InChI=1S/C21H26N2O2.ClH/c24-21(11-10-17-12-14-22-15-13-17)23-16-18-6-4-5-9-20(18)25-19-7-2-1-3-8-19;/h1-9,17,22H,10-16H2,(H,23,24);1H. The van der Waals surface area contributed by atoms with Crippen molar-refractivity contribution in [3.05, 3.63) is 60.2 Å². The van der Waals surface area contributed by atoms with Crippen molar-refractivity contribution in [3.8, 4) is 11.5 Å². The van der Waals surface area contributed by atoms with Gasteiger partial charge in [-0.3, -0.25) is 4.79 Å². The van der Waals surface area contributed by atoms with Crippen LogP contribution in [0.4, 0.5) is 0 Å². The highest BCUT2D eigenvalue weighted by Crippen LogP contribution is 2.25. The van der Waals surface area contributed by atoms with Crippen LogP contribution in [0.3, 0.4) is 0 Å². The second-order valence-electron chi connectivity index (χ2n) is 6.53. The van der Waals surface area contributed by atoms with Gasteiger partial charge in [-0.25, -0.2) is 0 Å². The molecular formula is C21H27ClN2O2. The van der Waals surface area contributed by atoms with Gasteiger partial charge in [0, 0.05) is 18.5 Å². The zero-order valence-corrected chi connectivity index (χ0v) is 15.8. The summed E-state index contributed by atoms with van der Waals surface area (Å²) in [5.74, 6) is 2.38. The van der Waals surface area contributed by atoms with Gasteiger partial charge in [-0.05, 0) is 56.5 Å². The maximum atomic E-state index is 12.2. The van der Waals surface area contributed by atoms with Crippen LogP contribution in [0.25, 0.3) is 0 Å². The molecule has 0 bridgehead atoms. The molecule has 1 heterocycles. The quantitative estimate of drug-likeness (QED) is 0.759. The molecule has 0 atom stereocenters. The first-order chi connectivity index (χ1) is 12.3. The number of benzene rings is 2. The minimum atomic E-state index is 0. The Bertz CT molecular complexity index is 673. The van der Waals surface area contributed by atoms with Gasteiger partial charge in [0.2, 0.25) is 5.91 Å². The molecule has 0 spiro atoms. The fourth-order valence-electron chi connectivity index (χ4n) is 3.15. The van der Waals surface area contributed by atoms with E-state index in [1.165, 1.54) is 12.8 Å². The molecule has 0 saturated carbocycles. The third-order valence-electron chi connectivity index (χ3n) is 4.66. The van der Waals surface area contributed by atoms with E-state index in [0.717, 1.165) is 36.6 Å². The highest BCUT2D eigenvalue weighted by molar-refractivity contribution is 5.85. The molecule has 1 aliphatic rings. The summed E-state index contributed by atoms with van der Waals surface area (Å²) >= 11 is 0. The van der Waals surface area contributed by atoms with Crippen LogP contribution in [0.1, 0.15) is 31.2 Å². The molecule has 0 unspecified atom stereocenters. The van der Waals surface area contributed by atoms with Crippen molar-refractivity contribution < 1.29 is 9.53 Å². The van der Waals surface area contributed by atoms with Crippen molar-refractivity contribution in [2.75, 3.05) is 13.1 Å². The maximum Gasteiger partial charge on any atom is 0.220 e. The molecule has 4 nitrogen and oxygen atoms in total. The lowest BCUT2D eigenvalue weighted by Gasteiger charge is -2.22. The zero-order valence-electron chi connectivity index (χ0n) is 14.9. The summed E-state index contributed by atoms with van der Waals surface area (Å²) in [4.78, 5) is 12.2. The van der Waals surface area contributed by atoms with Crippen LogP contribution < -0.4 is 15.4 Å². The van der Waals surface area contributed by atoms with E-state index in [4.69, 9.17) is 4.74 Å². The number of carbonyl (C=O) groups excluding carboxylic acids is 1. The van der Waals surface area contributed by atoms with E-state index in [9.17, 15) is 4.79 Å². The number of hydrogen-bond donors (Lipinski definition) is 2. The molecule has 140 valence electrons. The SMILES string of the molecule is Cl.O=C(CCC1CCNCC1)NCc1ccccc1Oc1ccccc1. The number of ether oxygens (including phenoxy) is 1. The molecular weight excluding hydrogens is 348 g/mol. The largest absolute Gasteiger partial charge is 0.457 e. The van der Waals surface area contributed by atoms with Gasteiger partial charge in [0.25, 0.3) is 0 Å². The number of nitrogens with one attached hydrogen (secondary N) is 2. The molecule has 1 fully saturated rings. The van der Waals surface area contributed by atoms with Crippen LogP contribution in [-0.2, 0) is 11.3 Å². The van der Waals surface area contributed by atoms with Crippen LogP contribution in [0.15, 0.2) is 54.6 Å². The third-order valence-corrected chi connectivity index (χ3v) is 4.66. The van der Waals surface area contributed by atoms with Crippen molar-refractivity contribution in [2.24, 2.45) is 5.92 Å². The molecule has 26 heavy (non-hydrogen) atoms. The van der Waals surface area contributed by atoms with E-state index < -0.39 is 0 Å². The smallest absolute Gasteiger partial charge is 0.220 e.